The number of hydrogen-bond acceptors (Lipinski definition) is 3. The van der Waals surface area contributed by atoms with Gasteiger partial charge >= 0.3 is 6.18 Å². The van der Waals surface area contributed by atoms with Crippen molar-refractivity contribution in [3.05, 3.63) is 107 Å². The molecule has 0 radical (unpaired) electrons. The van der Waals surface area contributed by atoms with Crippen molar-refractivity contribution in [1.29, 1.82) is 0 Å². The zero-order valence-electron chi connectivity index (χ0n) is 23.0. The summed E-state index contributed by atoms with van der Waals surface area (Å²) < 4.78 is 40.1. The molecule has 0 unspecified atom stereocenters. The van der Waals surface area contributed by atoms with E-state index in [1.807, 2.05) is 24.3 Å². The molecule has 5 rings (SSSR count). The van der Waals surface area contributed by atoms with Gasteiger partial charge in [0.25, 0.3) is 0 Å². The molecule has 0 aromatic heterocycles. The number of amides is 1. The first-order valence-electron chi connectivity index (χ1n) is 13.6. The van der Waals surface area contributed by atoms with Crippen LogP contribution in [0.1, 0.15) is 74.8 Å². The summed E-state index contributed by atoms with van der Waals surface area (Å²) in [5.74, 6) is -1.21. The second-order valence-corrected chi connectivity index (χ2v) is 11.6. The number of nitrogens with zero attached hydrogens (tertiary/aromatic N) is 1. The number of para-hydroxylation sites is 2. The van der Waals surface area contributed by atoms with Gasteiger partial charge in [0, 0.05) is 24.5 Å². The summed E-state index contributed by atoms with van der Waals surface area (Å²) >= 11 is 0. The quantitative estimate of drug-likeness (QED) is 0.361. The molecule has 40 heavy (non-hydrogen) atoms. The van der Waals surface area contributed by atoms with E-state index in [9.17, 15) is 22.8 Å². The molecule has 1 aliphatic heterocycles. The summed E-state index contributed by atoms with van der Waals surface area (Å²) in [6, 6.07) is 19.6. The first kappa shape index (κ1) is 27.7. The highest BCUT2D eigenvalue weighted by atomic mass is 19.4. The molecule has 3 aromatic rings. The lowest BCUT2D eigenvalue weighted by atomic mass is 9.75. The molecule has 0 bridgehead atoms. The van der Waals surface area contributed by atoms with E-state index in [1.54, 1.807) is 17.9 Å². The number of fused-ring (bicyclic) bond motifs is 2. The molecule has 2 aliphatic rings. The number of Topliss-reactive ketones (excluding diaryl/α,β-unsaturated/α-hetero) is 1. The molecule has 1 N–H and O–H groups in total. The van der Waals surface area contributed by atoms with Crippen LogP contribution in [0.3, 0.4) is 0 Å². The van der Waals surface area contributed by atoms with Gasteiger partial charge < -0.3 is 10.2 Å². The molecule has 3 aromatic carbocycles. The molecular formula is C33H33F3N2O2. The largest absolute Gasteiger partial charge is 0.416 e. The molecule has 0 spiro atoms. The van der Waals surface area contributed by atoms with Crippen molar-refractivity contribution >= 4 is 23.1 Å². The van der Waals surface area contributed by atoms with Crippen molar-refractivity contribution in [2.24, 2.45) is 5.92 Å². The normalized spacial score (nSPS) is 21.1. The van der Waals surface area contributed by atoms with Crippen LogP contribution >= 0.6 is 0 Å². The van der Waals surface area contributed by atoms with Crippen molar-refractivity contribution in [2.75, 3.05) is 10.2 Å². The van der Waals surface area contributed by atoms with Crippen LogP contribution in [0.4, 0.5) is 24.5 Å². The SMILES string of the molecule is CCC(=O)N1c2ccccc2NC2=C[C@@H](c3ccc(C(C)(C)C)cc3)CC(=O)[C@@H]2[C@H]1c1ccc(C(F)(F)F)cc1. The van der Waals surface area contributed by atoms with Crippen LogP contribution in [0.15, 0.2) is 84.6 Å². The Balaban J connectivity index is 1.65. The number of anilines is 2. The van der Waals surface area contributed by atoms with Crippen molar-refractivity contribution in [3.63, 3.8) is 0 Å². The molecule has 208 valence electrons. The molecule has 7 heteroatoms. The number of carbonyl (C=O) groups is 2. The summed E-state index contributed by atoms with van der Waals surface area (Å²) in [5, 5.41) is 3.44. The Bertz CT molecular complexity index is 1450. The average Bonchev–Trinajstić information content (AvgIpc) is 3.06. The zero-order valence-corrected chi connectivity index (χ0v) is 23.0. The van der Waals surface area contributed by atoms with Crippen molar-refractivity contribution in [2.45, 2.75) is 64.1 Å². The van der Waals surface area contributed by atoms with Gasteiger partial charge in [0.05, 0.1) is 28.9 Å². The number of carbonyl (C=O) groups excluding carboxylic acids is 2. The topological polar surface area (TPSA) is 49.4 Å². The van der Waals surface area contributed by atoms with Crippen LogP contribution in [-0.4, -0.2) is 11.7 Å². The Labute approximate surface area is 232 Å². The smallest absolute Gasteiger partial charge is 0.357 e. The Morgan fingerprint density at radius 2 is 1.50 bits per heavy atom. The van der Waals surface area contributed by atoms with Crippen molar-refractivity contribution in [1.82, 2.24) is 0 Å². The highest BCUT2D eigenvalue weighted by molar-refractivity contribution is 6.01. The minimum absolute atomic E-state index is 0.00118. The maximum atomic E-state index is 14.0. The van der Waals surface area contributed by atoms with E-state index >= 15 is 0 Å². The van der Waals surface area contributed by atoms with Gasteiger partial charge in [-0.3, -0.25) is 9.59 Å². The fraction of sp³-hybridized carbons (Fsp3) is 0.333. The van der Waals surface area contributed by atoms with Gasteiger partial charge in [-0.25, -0.2) is 0 Å². The van der Waals surface area contributed by atoms with E-state index in [-0.39, 0.29) is 35.9 Å². The molecule has 0 fully saturated rings. The van der Waals surface area contributed by atoms with Gasteiger partial charge in [0.15, 0.2) is 0 Å². The second kappa shape index (κ2) is 10.3. The van der Waals surface area contributed by atoms with Crippen molar-refractivity contribution in [3.8, 4) is 0 Å². The number of alkyl halides is 3. The Morgan fingerprint density at radius 3 is 2.10 bits per heavy atom. The maximum Gasteiger partial charge on any atom is 0.416 e. The number of halogens is 3. The van der Waals surface area contributed by atoms with Crippen LogP contribution in [0.2, 0.25) is 0 Å². The minimum Gasteiger partial charge on any atom is -0.357 e. The number of hydrogen-bond donors (Lipinski definition) is 1. The van der Waals surface area contributed by atoms with Gasteiger partial charge in [-0.1, -0.05) is 82.3 Å². The lowest BCUT2D eigenvalue weighted by Crippen LogP contribution is -2.42. The third-order valence-corrected chi connectivity index (χ3v) is 7.88. The predicted octanol–water partition coefficient (Wildman–Crippen LogP) is 8.17. The highest BCUT2D eigenvalue weighted by Gasteiger charge is 2.45. The van der Waals surface area contributed by atoms with Gasteiger partial charge in [-0.05, 0) is 46.4 Å². The predicted molar refractivity (Wildman–Crippen MR) is 151 cm³/mol. The van der Waals surface area contributed by atoms with Crippen LogP contribution in [0.25, 0.3) is 0 Å². The summed E-state index contributed by atoms with van der Waals surface area (Å²) in [5.41, 5.74) is 3.83. The third kappa shape index (κ3) is 5.17. The van der Waals surface area contributed by atoms with Crippen LogP contribution in [0, 0.1) is 5.92 Å². The van der Waals surface area contributed by atoms with Gasteiger partial charge in [0.2, 0.25) is 5.91 Å². The third-order valence-electron chi connectivity index (χ3n) is 7.88. The fourth-order valence-corrected chi connectivity index (χ4v) is 5.72. The van der Waals surface area contributed by atoms with E-state index in [0.29, 0.717) is 22.6 Å². The van der Waals surface area contributed by atoms with E-state index in [0.717, 1.165) is 17.7 Å². The van der Waals surface area contributed by atoms with Crippen LogP contribution in [-0.2, 0) is 21.2 Å². The maximum absolute atomic E-state index is 14.0. The lowest BCUT2D eigenvalue weighted by molar-refractivity contribution is -0.137. The number of benzene rings is 3. The Morgan fingerprint density at radius 1 is 0.900 bits per heavy atom. The number of ketones is 1. The Kier molecular flexibility index (Phi) is 7.11. The molecule has 4 nitrogen and oxygen atoms in total. The number of nitrogens with one attached hydrogen (secondary N) is 1. The Hall–Kier alpha value is -3.87. The molecule has 1 aliphatic carbocycles. The fourth-order valence-electron chi connectivity index (χ4n) is 5.72. The van der Waals surface area contributed by atoms with Crippen LogP contribution in [0.5, 0.6) is 0 Å². The monoisotopic (exact) mass is 546 g/mol. The van der Waals surface area contributed by atoms with Gasteiger partial charge in [-0.15, -0.1) is 0 Å². The molecule has 0 saturated carbocycles. The van der Waals surface area contributed by atoms with E-state index in [2.05, 4.69) is 50.4 Å². The van der Waals surface area contributed by atoms with Crippen molar-refractivity contribution < 1.29 is 22.8 Å². The molecular weight excluding hydrogens is 513 g/mol. The number of rotatable bonds is 3. The summed E-state index contributed by atoms with van der Waals surface area (Å²) in [6.45, 7) is 8.19. The summed E-state index contributed by atoms with van der Waals surface area (Å²) in [7, 11) is 0. The standard InChI is InChI=1S/C33H33F3N2O2/c1-5-29(40)38-27-9-7-6-8-25(27)37-26-18-22(20-10-14-23(15-11-20)32(2,3)4)19-28(39)30(26)31(38)21-12-16-24(17-13-21)33(34,35)36/h6-18,22,30-31,37H,5,19H2,1-4H3/t22-,30-,31-/m1/s1. The van der Waals surface area contributed by atoms with Gasteiger partial charge in [0.1, 0.15) is 5.78 Å². The molecule has 0 saturated heterocycles. The second-order valence-electron chi connectivity index (χ2n) is 11.6. The van der Waals surface area contributed by atoms with Gasteiger partial charge in [-0.2, -0.15) is 13.2 Å². The highest BCUT2D eigenvalue weighted by Crippen LogP contribution is 2.48. The first-order valence-corrected chi connectivity index (χ1v) is 13.6. The zero-order chi connectivity index (χ0) is 28.8. The van der Waals surface area contributed by atoms with Crippen LogP contribution < -0.4 is 10.2 Å². The van der Waals surface area contributed by atoms with E-state index in [4.69, 9.17) is 0 Å². The average molecular weight is 547 g/mol. The molecule has 1 heterocycles. The molecule has 1 amide bonds. The summed E-state index contributed by atoms with van der Waals surface area (Å²) in [4.78, 5) is 29.1. The van der Waals surface area contributed by atoms with E-state index < -0.39 is 23.7 Å². The first-order chi connectivity index (χ1) is 18.9. The lowest BCUT2D eigenvalue weighted by Gasteiger charge is -2.37. The number of allylic oxidation sites excluding steroid dienone is 1. The molecule has 3 atom stereocenters. The summed E-state index contributed by atoms with van der Waals surface area (Å²) in [6.07, 6.45) is -2.04. The van der Waals surface area contributed by atoms with E-state index in [1.165, 1.54) is 17.7 Å². The minimum atomic E-state index is -4.49.